The molecule has 0 amide bonds. The molecular formula is C6H11NOS. The maximum Gasteiger partial charge on any atom is 0.190 e. The lowest BCUT2D eigenvalue weighted by molar-refractivity contribution is -0.113. The summed E-state index contributed by atoms with van der Waals surface area (Å²) in [6, 6.07) is 0. The standard InChI is InChI=1S/C6H11NOS/c1-7-3-2-5(4-7)6(8)9/h5H,2-4H2,1H3,(H,8,9). The van der Waals surface area contributed by atoms with Crippen molar-refractivity contribution in [2.45, 2.75) is 6.42 Å². The van der Waals surface area contributed by atoms with Crippen LogP contribution < -0.4 is 0 Å². The van der Waals surface area contributed by atoms with Crippen molar-refractivity contribution in [3.8, 4) is 0 Å². The predicted molar refractivity (Wildman–Crippen MR) is 39.6 cm³/mol. The fourth-order valence-corrected chi connectivity index (χ4v) is 1.35. The Morgan fingerprint density at radius 2 is 2.44 bits per heavy atom. The molecule has 0 radical (unpaired) electrons. The third-order valence-corrected chi connectivity index (χ3v) is 2.11. The van der Waals surface area contributed by atoms with Crippen molar-refractivity contribution in [3.63, 3.8) is 0 Å². The first kappa shape index (κ1) is 7.09. The fourth-order valence-electron chi connectivity index (χ4n) is 1.14. The van der Waals surface area contributed by atoms with Gasteiger partial charge in [0.1, 0.15) is 0 Å². The zero-order valence-corrected chi connectivity index (χ0v) is 6.40. The van der Waals surface area contributed by atoms with Crippen molar-refractivity contribution < 1.29 is 4.79 Å². The van der Waals surface area contributed by atoms with E-state index in [4.69, 9.17) is 0 Å². The molecule has 0 aromatic carbocycles. The second kappa shape index (κ2) is 2.71. The van der Waals surface area contributed by atoms with Crippen LogP contribution in [0.1, 0.15) is 6.42 Å². The lowest BCUT2D eigenvalue weighted by Gasteiger charge is -2.04. The van der Waals surface area contributed by atoms with E-state index in [1.54, 1.807) is 0 Å². The minimum Gasteiger partial charge on any atom is -0.306 e. The van der Waals surface area contributed by atoms with E-state index in [1.165, 1.54) is 0 Å². The number of hydrogen-bond acceptors (Lipinski definition) is 2. The van der Waals surface area contributed by atoms with Gasteiger partial charge in [0.25, 0.3) is 0 Å². The van der Waals surface area contributed by atoms with Crippen LogP contribution in [0, 0.1) is 5.92 Å². The van der Waals surface area contributed by atoms with Crippen molar-refractivity contribution >= 4 is 17.7 Å². The molecule has 1 fully saturated rings. The minimum absolute atomic E-state index is 0.0411. The Labute approximate surface area is 60.6 Å². The van der Waals surface area contributed by atoms with E-state index in [0.717, 1.165) is 19.5 Å². The number of carbonyl (C=O) groups excluding carboxylic acids is 1. The summed E-state index contributed by atoms with van der Waals surface area (Å²) in [7, 11) is 2.02. The van der Waals surface area contributed by atoms with Gasteiger partial charge in [0, 0.05) is 12.5 Å². The molecule has 1 saturated heterocycles. The van der Waals surface area contributed by atoms with Gasteiger partial charge >= 0.3 is 0 Å². The van der Waals surface area contributed by atoms with E-state index in [1.807, 2.05) is 7.05 Å². The van der Waals surface area contributed by atoms with E-state index in [-0.39, 0.29) is 11.0 Å². The zero-order chi connectivity index (χ0) is 6.85. The van der Waals surface area contributed by atoms with Gasteiger partial charge in [-0.3, -0.25) is 4.79 Å². The first-order chi connectivity index (χ1) is 4.20. The molecule has 2 nitrogen and oxygen atoms in total. The molecule has 52 valence electrons. The van der Waals surface area contributed by atoms with Gasteiger partial charge < -0.3 is 4.90 Å². The summed E-state index contributed by atoms with van der Waals surface area (Å²) >= 11 is 3.77. The summed E-state index contributed by atoms with van der Waals surface area (Å²) in [5.74, 6) is 0.193. The molecule has 0 spiro atoms. The molecule has 1 atom stereocenters. The van der Waals surface area contributed by atoms with Gasteiger partial charge in [0.15, 0.2) is 5.12 Å². The van der Waals surface area contributed by atoms with E-state index in [9.17, 15) is 4.79 Å². The Morgan fingerprint density at radius 1 is 1.78 bits per heavy atom. The number of hydrogen-bond donors (Lipinski definition) is 1. The summed E-state index contributed by atoms with van der Waals surface area (Å²) in [5.41, 5.74) is 0. The molecule has 1 rings (SSSR count). The van der Waals surface area contributed by atoms with E-state index in [0.29, 0.717) is 0 Å². The Hall–Kier alpha value is -0.0200. The highest BCUT2D eigenvalue weighted by molar-refractivity contribution is 7.96. The summed E-state index contributed by atoms with van der Waals surface area (Å²) in [6.45, 7) is 1.93. The first-order valence-electron chi connectivity index (χ1n) is 3.11. The van der Waals surface area contributed by atoms with Gasteiger partial charge in [-0.1, -0.05) is 0 Å². The number of rotatable bonds is 1. The van der Waals surface area contributed by atoms with Gasteiger partial charge in [-0.25, -0.2) is 0 Å². The van der Waals surface area contributed by atoms with Crippen LogP contribution in [-0.4, -0.2) is 30.2 Å². The zero-order valence-electron chi connectivity index (χ0n) is 5.50. The monoisotopic (exact) mass is 145 g/mol. The molecular weight excluding hydrogens is 134 g/mol. The molecule has 0 saturated carbocycles. The van der Waals surface area contributed by atoms with Crippen molar-refractivity contribution in [1.29, 1.82) is 0 Å². The quantitative estimate of drug-likeness (QED) is 0.539. The number of likely N-dealkylation sites (tertiary alicyclic amines) is 1. The smallest absolute Gasteiger partial charge is 0.190 e. The summed E-state index contributed by atoms with van der Waals surface area (Å²) in [5, 5.41) is 0.0411. The normalized spacial score (nSPS) is 28.9. The van der Waals surface area contributed by atoms with Gasteiger partial charge in [-0.2, -0.15) is 0 Å². The minimum atomic E-state index is 0.0411. The van der Waals surface area contributed by atoms with Gasteiger partial charge in [-0.05, 0) is 20.0 Å². The average molecular weight is 145 g/mol. The largest absolute Gasteiger partial charge is 0.306 e. The summed E-state index contributed by atoms with van der Waals surface area (Å²) < 4.78 is 0. The van der Waals surface area contributed by atoms with Crippen LogP contribution in [0.4, 0.5) is 0 Å². The van der Waals surface area contributed by atoms with Crippen molar-refractivity contribution in [2.24, 2.45) is 5.92 Å². The van der Waals surface area contributed by atoms with Crippen molar-refractivity contribution in [2.75, 3.05) is 20.1 Å². The molecule has 0 N–H and O–H groups in total. The Bertz CT molecular complexity index is 126. The van der Waals surface area contributed by atoms with Crippen LogP contribution in [0.2, 0.25) is 0 Å². The summed E-state index contributed by atoms with van der Waals surface area (Å²) in [6.07, 6.45) is 0.985. The highest BCUT2D eigenvalue weighted by Gasteiger charge is 2.23. The van der Waals surface area contributed by atoms with Crippen LogP contribution in [0.5, 0.6) is 0 Å². The molecule has 1 aliphatic rings. The van der Waals surface area contributed by atoms with Crippen molar-refractivity contribution in [1.82, 2.24) is 4.90 Å². The van der Waals surface area contributed by atoms with Gasteiger partial charge in [0.05, 0.1) is 0 Å². The second-order valence-electron chi connectivity index (χ2n) is 2.59. The third kappa shape index (κ3) is 1.69. The molecule has 1 heterocycles. The Morgan fingerprint density at radius 3 is 2.67 bits per heavy atom. The van der Waals surface area contributed by atoms with Gasteiger partial charge in [-0.15, -0.1) is 12.6 Å². The Balaban J connectivity index is 2.39. The number of carbonyl (C=O) groups is 1. The van der Waals surface area contributed by atoms with Crippen LogP contribution >= 0.6 is 12.6 Å². The number of nitrogens with zero attached hydrogens (tertiary/aromatic N) is 1. The van der Waals surface area contributed by atoms with Gasteiger partial charge in [0.2, 0.25) is 0 Å². The lowest BCUT2D eigenvalue weighted by atomic mass is 10.1. The third-order valence-electron chi connectivity index (χ3n) is 1.74. The highest BCUT2D eigenvalue weighted by Crippen LogP contribution is 2.15. The molecule has 3 heteroatoms. The summed E-state index contributed by atoms with van der Waals surface area (Å²) in [4.78, 5) is 12.8. The second-order valence-corrected chi connectivity index (χ2v) is 3.03. The van der Waals surface area contributed by atoms with E-state index in [2.05, 4.69) is 17.5 Å². The van der Waals surface area contributed by atoms with Crippen LogP contribution in [0.15, 0.2) is 0 Å². The molecule has 1 unspecified atom stereocenters. The van der Waals surface area contributed by atoms with Crippen LogP contribution in [-0.2, 0) is 4.79 Å². The number of thiol groups is 1. The van der Waals surface area contributed by atoms with E-state index < -0.39 is 0 Å². The maximum atomic E-state index is 10.6. The Kier molecular flexibility index (Phi) is 2.13. The van der Waals surface area contributed by atoms with E-state index >= 15 is 0 Å². The SMILES string of the molecule is CN1CCC(C(=O)S)C1. The molecule has 0 aromatic rings. The lowest BCUT2D eigenvalue weighted by Crippen LogP contribution is -2.16. The molecule has 9 heavy (non-hydrogen) atoms. The average Bonchev–Trinajstić information content (AvgIpc) is 2.14. The van der Waals surface area contributed by atoms with Crippen LogP contribution in [0.25, 0.3) is 0 Å². The fraction of sp³-hybridized carbons (Fsp3) is 0.833. The first-order valence-corrected chi connectivity index (χ1v) is 3.56. The molecule has 0 aliphatic carbocycles. The predicted octanol–water partition coefficient (Wildman–Crippen LogP) is 0.395. The highest BCUT2D eigenvalue weighted by atomic mass is 32.1. The van der Waals surface area contributed by atoms with Crippen molar-refractivity contribution in [3.05, 3.63) is 0 Å². The maximum absolute atomic E-state index is 10.6. The molecule has 0 aromatic heterocycles. The van der Waals surface area contributed by atoms with Crippen LogP contribution in [0.3, 0.4) is 0 Å². The molecule has 1 aliphatic heterocycles. The molecule has 0 bridgehead atoms. The topological polar surface area (TPSA) is 20.3 Å².